The maximum Gasteiger partial charge on any atom is 0.237 e. The summed E-state index contributed by atoms with van der Waals surface area (Å²) in [5, 5.41) is 0. The van der Waals surface area contributed by atoms with Crippen molar-refractivity contribution < 1.29 is 17.9 Å². The Morgan fingerprint density at radius 3 is 2.67 bits per heavy atom. The van der Waals surface area contributed by atoms with E-state index in [1.165, 1.54) is 5.56 Å². The molecule has 1 amide bonds. The highest BCUT2D eigenvalue weighted by Crippen LogP contribution is 2.26. The fourth-order valence-corrected chi connectivity index (χ4v) is 5.83. The minimum Gasteiger partial charge on any atom is -0.383 e. The van der Waals surface area contributed by atoms with Gasteiger partial charge in [-0.3, -0.25) is 9.69 Å². The molecule has 0 spiro atoms. The van der Waals surface area contributed by atoms with E-state index < -0.39 is 9.84 Å². The second kappa shape index (κ2) is 8.68. The first-order valence-corrected chi connectivity index (χ1v) is 11.2. The number of sulfone groups is 1. The standard InChI is InChI=1S/C19H29N3O4S/c1-26-9-8-22(16-7-10-27(24,25)14-16)19(23)13-21-11-17(18(20)12-21)15-5-3-2-4-6-15/h2-6,16-18H,7-14,20H2,1H3/t16?,17-,18+/m0/s1. The zero-order valence-electron chi connectivity index (χ0n) is 15.8. The van der Waals surface area contributed by atoms with Gasteiger partial charge in [0.15, 0.2) is 9.84 Å². The van der Waals surface area contributed by atoms with Gasteiger partial charge in [-0.05, 0) is 12.0 Å². The fraction of sp³-hybridized carbons (Fsp3) is 0.632. The minimum atomic E-state index is -3.05. The molecule has 0 aromatic heterocycles. The predicted molar refractivity (Wildman–Crippen MR) is 104 cm³/mol. The number of carbonyl (C=O) groups excluding carboxylic acids is 1. The lowest BCUT2D eigenvalue weighted by Crippen LogP contribution is -2.47. The SMILES string of the molecule is COCCN(C(=O)CN1C[C@@H](N)[C@H](c2ccccc2)C1)C1CCS(=O)(=O)C1. The van der Waals surface area contributed by atoms with Gasteiger partial charge in [-0.1, -0.05) is 30.3 Å². The van der Waals surface area contributed by atoms with Crippen molar-refractivity contribution in [1.29, 1.82) is 0 Å². The van der Waals surface area contributed by atoms with E-state index in [2.05, 4.69) is 17.0 Å². The number of nitrogens with zero attached hydrogens (tertiary/aromatic N) is 2. The fourth-order valence-electron chi connectivity index (χ4n) is 4.10. The lowest BCUT2D eigenvalue weighted by atomic mass is 9.95. The molecule has 8 heteroatoms. The second-order valence-corrected chi connectivity index (χ2v) is 9.74. The van der Waals surface area contributed by atoms with Crippen LogP contribution in [0, 0.1) is 0 Å². The number of hydrogen-bond acceptors (Lipinski definition) is 6. The summed E-state index contributed by atoms with van der Waals surface area (Å²) < 4.78 is 28.8. The molecule has 0 bridgehead atoms. The van der Waals surface area contributed by atoms with Crippen LogP contribution in [0.1, 0.15) is 17.9 Å². The van der Waals surface area contributed by atoms with Gasteiger partial charge in [-0.2, -0.15) is 0 Å². The number of ether oxygens (including phenoxy) is 1. The Morgan fingerprint density at radius 2 is 2.04 bits per heavy atom. The van der Waals surface area contributed by atoms with Crippen molar-refractivity contribution in [2.45, 2.75) is 24.4 Å². The van der Waals surface area contributed by atoms with Crippen LogP contribution in [0.25, 0.3) is 0 Å². The molecule has 7 nitrogen and oxygen atoms in total. The molecule has 0 radical (unpaired) electrons. The lowest BCUT2D eigenvalue weighted by Gasteiger charge is -2.30. The van der Waals surface area contributed by atoms with Crippen LogP contribution in [-0.4, -0.2) is 87.6 Å². The van der Waals surface area contributed by atoms with Gasteiger partial charge < -0.3 is 15.4 Å². The highest BCUT2D eigenvalue weighted by atomic mass is 32.2. The number of benzene rings is 1. The number of rotatable bonds is 7. The lowest BCUT2D eigenvalue weighted by molar-refractivity contribution is -0.134. The first-order chi connectivity index (χ1) is 12.9. The smallest absolute Gasteiger partial charge is 0.237 e. The predicted octanol–water partition coefficient (Wildman–Crippen LogP) is 0.0752. The molecule has 0 aliphatic carbocycles. The van der Waals surface area contributed by atoms with Crippen LogP contribution in [0.4, 0.5) is 0 Å². The molecule has 1 aromatic carbocycles. The molecule has 3 atom stereocenters. The molecule has 2 heterocycles. The normalized spacial score (nSPS) is 27.7. The number of methoxy groups -OCH3 is 1. The Hall–Kier alpha value is -1.48. The summed E-state index contributed by atoms with van der Waals surface area (Å²) >= 11 is 0. The molecule has 2 saturated heterocycles. The third kappa shape index (κ3) is 5.07. The molecule has 3 rings (SSSR count). The summed E-state index contributed by atoms with van der Waals surface area (Å²) in [7, 11) is -1.47. The molecule has 2 N–H and O–H groups in total. The summed E-state index contributed by atoms with van der Waals surface area (Å²) in [6.07, 6.45) is 0.504. The minimum absolute atomic E-state index is 0.0144. The number of carbonyl (C=O) groups is 1. The van der Waals surface area contributed by atoms with Crippen molar-refractivity contribution in [1.82, 2.24) is 9.80 Å². The van der Waals surface area contributed by atoms with E-state index in [-0.39, 0.29) is 42.0 Å². The van der Waals surface area contributed by atoms with Crippen molar-refractivity contribution in [2.75, 3.05) is 51.4 Å². The Labute approximate surface area is 161 Å². The van der Waals surface area contributed by atoms with Crippen LogP contribution in [0.15, 0.2) is 30.3 Å². The zero-order valence-corrected chi connectivity index (χ0v) is 16.6. The van der Waals surface area contributed by atoms with E-state index in [0.29, 0.717) is 26.1 Å². The van der Waals surface area contributed by atoms with Gasteiger partial charge in [-0.15, -0.1) is 0 Å². The van der Waals surface area contributed by atoms with Gasteiger partial charge >= 0.3 is 0 Å². The summed E-state index contributed by atoms with van der Waals surface area (Å²) in [5.74, 6) is 0.363. The Balaban J connectivity index is 1.63. The molecule has 2 aliphatic rings. The van der Waals surface area contributed by atoms with Crippen LogP contribution in [0.2, 0.25) is 0 Å². The molecule has 1 aromatic rings. The van der Waals surface area contributed by atoms with Crippen LogP contribution < -0.4 is 5.73 Å². The third-order valence-corrected chi connectivity index (χ3v) is 7.28. The van der Waals surface area contributed by atoms with E-state index in [9.17, 15) is 13.2 Å². The van der Waals surface area contributed by atoms with Gasteiger partial charge in [0, 0.05) is 44.7 Å². The van der Waals surface area contributed by atoms with Crippen molar-refractivity contribution in [3.05, 3.63) is 35.9 Å². The average molecular weight is 396 g/mol. The monoisotopic (exact) mass is 395 g/mol. The summed E-state index contributed by atoms with van der Waals surface area (Å²) in [5.41, 5.74) is 7.52. The largest absolute Gasteiger partial charge is 0.383 e. The quantitative estimate of drug-likeness (QED) is 0.703. The molecule has 27 heavy (non-hydrogen) atoms. The van der Waals surface area contributed by atoms with Gasteiger partial charge in [-0.25, -0.2) is 8.42 Å². The number of nitrogens with two attached hydrogens (primary N) is 1. The van der Waals surface area contributed by atoms with Crippen molar-refractivity contribution in [3.63, 3.8) is 0 Å². The Bertz CT molecular complexity index is 741. The molecular weight excluding hydrogens is 366 g/mol. The summed E-state index contributed by atoms with van der Waals surface area (Å²) in [6.45, 7) is 2.47. The Morgan fingerprint density at radius 1 is 1.30 bits per heavy atom. The highest BCUT2D eigenvalue weighted by Gasteiger charge is 2.37. The zero-order chi connectivity index (χ0) is 19.4. The summed E-state index contributed by atoms with van der Waals surface area (Å²) in [4.78, 5) is 16.7. The summed E-state index contributed by atoms with van der Waals surface area (Å²) in [6, 6.07) is 9.87. The van der Waals surface area contributed by atoms with Crippen molar-refractivity contribution in [2.24, 2.45) is 5.73 Å². The van der Waals surface area contributed by atoms with E-state index >= 15 is 0 Å². The van der Waals surface area contributed by atoms with Crippen LogP contribution in [0.3, 0.4) is 0 Å². The first-order valence-electron chi connectivity index (χ1n) is 9.41. The molecule has 2 aliphatic heterocycles. The van der Waals surface area contributed by atoms with Crippen LogP contribution in [0.5, 0.6) is 0 Å². The first kappa shape index (κ1) is 20.3. The molecule has 0 saturated carbocycles. The van der Waals surface area contributed by atoms with Crippen molar-refractivity contribution in [3.8, 4) is 0 Å². The van der Waals surface area contributed by atoms with Gasteiger partial charge in [0.1, 0.15) is 0 Å². The van der Waals surface area contributed by atoms with Gasteiger partial charge in [0.2, 0.25) is 5.91 Å². The average Bonchev–Trinajstić information content (AvgIpc) is 3.18. The molecule has 150 valence electrons. The van der Waals surface area contributed by atoms with Crippen LogP contribution >= 0.6 is 0 Å². The number of likely N-dealkylation sites (tertiary alicyclic amines) is 1. The number of amides is 1. The molecule has 1 unspecified atom stereocenters. The second-order valence-electron chi connectivity index (χ2n) is 7.51. The van der Waals surface area contributed by atoms with Gasteiger partial charge in [0.05, 0.1) is 24.7 Å². The van der Waals surface area contributed by atoms with E-state index in [1.54, 1.807) is 12.0 Å². The maximum atomic E-state index is 12.9. The maximum absolute atomic E-state index is 12.9. The van der Waals surface area contributed by atoms with Gasteiger partial charge in [0.25, 0.3) is 0 Å². The van der Waals surface area contributed by atoms with Crippen molar-refractivity contribution >= 4 is 15.7 Å². The molecular formula is C19H29N3O4S. The molecule has 2 fully saturated rings. The third-order valence-electron chi connectivity index (χ3n) is 5.53. The van der Waals surface area contributed by atoms with E-state index in [0.717, 1.165) is 6.54 Å². The Kier molecular flexibility index (Phi) is 6.52. The highest BCUT2D eigenvalue weighted by molar-refractivity contribution is 7.91. The number of hydrogen-bond donors (Lipinski definition) is 1. The topological polar surface area (TPSA) is 92.9 Å². The van der Waals surface area contributed by atoms with E-state index in [1.807, 2.05) is 18.2 Å². The van der Waals surface area contributed by atoms with Crippen LogP contribution in [-0.2, 0) is 19.4 Å². The van der Waals surface area contributed by atoms with E-state index in [4.69, 9.17) is 10.5 Å².